The topological polar surface area (TPSA) is 20.2 Å². The molecular weight excluding hydrogens is 299 g/mol. The maximum atomic E-state index is 10.3. The first kappa shape index (κ1) is 14.9. The fourth-order valence-corrected chi connectivity index (χ4v) is 3.48. The summed E-state index contributed by atoms with van der Waals surface area (Å²) in [6.45, 7) is 4.36. The Balaban J connectivity index is 2.25. The molecule has 102 valence electrons. The second kappa shape index (κ2) is 6.27. The minimum atomic E-state index is -0.720. The number of hydrogen-bond acceptors (Lipinski definition) is 2. The van der Waals surface area contributed by atoms with Crippen LogP contribution in [0.4, 0.5) is 0 Å². The van der Waals surface area contributed by atoms with Crippen LogP contribution in [-0.2, 0) is 0 Å². The Hall–Kier alpha value is -0.540. The van der Waals surface area contributed by atoms with Crippen LogP contribution in [0.5, 0.6) is 0 Å². The van der Waals surface area contributed by atoms with E-state index in [0.29, 0.717) is 20.2 Å². The highest BCUT2D eigenvalue weighted by molar-refractivity contribution is 7.20. The zero-order valence-corrected chi connectivity index (χ0v) is 13.2. The molecule has 0 amide bonds. The molecule has 19 heavy (non-hydrogen) atoms. The zero-order valence-electron chi connectivity index (χ0n) is 10.9. The van der Waals surface area contributed by atoms with E-state index in [4.69, 9.17) is 23.2 Å². The highest BCUT2D eigenvalue weighted by atomic mass is 35.5. The van der Waals surface area contributed by atoms with Gasteiger partial charge >= 0.3 is 0 Å². The van der Waals surface area contributed by atoms with Gasteiger partial charge in [0.1, 0.15) is 10.4 Å². The molecule has 1 heterocycles. The molecule has 2 unspecified atom stereocenters. The van der Waals surface area contributed by atoms with E-state index in [1.54, 1.807) is 6.07 Å². The quantitative estimate of drug-likeness (QED) is 0.773. The molecule has 2 atom stereocenters. The summed E-state index contributed by atoms with van der Waals surface area (Å²) in [4.78, 5) is 0. The predicted molar refractivity (Wildman–Crippen MR) is 83.5 cm³/mol. The van der Waals surface area contributed by atoms with Crippen molar-refractivity contribution in [3.05, 3.63) is 55.7 Å². The van der Waals surface area contributed by atoms with Crippen molar-refractivity contribution in [2.24, 2.45) is 0 Å². The first-order valence-corrected chi connectivity index (χ1v) is 7.82. The van der Waals surface area contributed by atoms with Crippen LogP contribution in [0, 0.1) is 0 Å². The van der Waals surface area contributed by atoms with Crippen LogP contribution >= 0.6 is 34.5 Å². The Morgan fingerprint density at radius 2 is 1.74 bits per heavy atom. The van der Waals surface area contributed by atoms with E-state index >= 15 is 0 Å². The molecule has 4 heteroatoms. The van der Waals surface area contributed by atoms with Crippen LogP contribution in [0.2, 0.25) is 8.67 Å². The molecule has 1 aromatic carbocycles. The second-order valence-corrected chi connectivity index (χ2v) is 6.94. The predicted octanol–water partition coefficient (Wildman–Crippen LogP) is 5.65. The van der Waals surface area contributed by atoms with Gasteiger partial charge < -0.3 is 5.11 Å². The van der Waals surface area contributed by atoms with Gasteiger partial charge in [0.25, 0.3) is 0 Å². The van der Waals surface area contributed by atoms with E-state index in [-0.39, 0.29) is 0 Å². The van der Waals surface area contributed by atoms with Crippen LogP contribution in [0.25, 0.3) is 0 Å². The molecule has 0 aliphatic carbocycles. The second-order valence-electron chi connectivity index (χ2n) is 4.66. The van der Waals surface area contributed by atoms with Gasteiger partial charge in [-0.25, -0.2) is 0 Å². The number of rotatable bonds is 4. The molecule has 0 aliphatic heterocycles. The number of thiophene rings is 1. The fourth-order valence-electron chi connectivity index (χ4n) is 1.96. The van der Waals surface area contributed by atoms with E-state index in [2.05, 4.69) is 26.0 Å². The Kier molecular flexibility index (Phi) is 4.91. The number of hydrogen-bond donors (Lipinski definition) is 1. The average molecular weight is 315 g/mol. The fraction of sp³-hybridized carbons (Fsp3) is 0.333. The van der Waals surface area contributed by atoms with Crippen LogP contribution in [0.15, 0.2) is 30.3 Å². The minimum Gasteiger partial charge on any atom is -0.384 e. The first-order chi connectivity index (χ1) is 9.02. The summed E-state index contributed by atoms with van der Waals surface area (Å²) in [6.07, 6.45) is 0.385. The van der Waals surface area contributed by atoms with Gasteiger partial charge in [0.2, 0.25) is 0 Å². The number of aliphatic hydroxyl groups is 1. The van der Waals surface area contributed by atoms with Gasteiger partial charge in [-0.15, -0.1) is 11.3 Å². The lowest BCUT2D eigenvalue weighted by molar-refractivity contribution is 0.221. The van der Waals surface area contributed by atoms with Crippen molar-refractivity contribution in [1.29, 1.82) is 0 Å². The van der Waals surface area contributed by atoms with Crippen molar-refractivity contribution < 1.29 is 5.11 Å². The Morgan fingerprint density at radius 3 is 2.21 bits per heavy atom. The van der Waals surface area contributed by atoms with Crippen LogP contribution in [0.3, 0.4) is 0 Å². The third-order valence-corrected chi connectivity index (χ3v) is 4.93. The molecule has 2 aromatic rings. The van der Waals surface area contributed by atoms with Gasteiger partial charge in [-0.1, -0.05) is 61.3 Å². The molecule has 0 aliphatic rings. The van der Waals surface area contributed by atoms with Crippen molar-refractivity contribution in [1.82, 2.24) is 0 Å². The summed E-state index contributed by atoms with van der Waals surface area (Å²) >= 11 is 13.2. The summed E-state index contributed by atoms with van der Waals surface area (Å²) in [5.74, 6) is 0.533. The van der Waals surface area contributed by atoms with Gasteiger partial charge in [0, 0.05) is 5.56 Å². The highest BCUT2D eigenvalue weighted by Gasteiger charge is 2.17. The van der Waals surface area contributed by atoms with Crippen molar-refractivity contribution in [3.63, 3.8) is 0 Å². The van der Waals surface area contributed by atoms with Crippen molar-refractivity contribution in [2.75, 3.05) is 0 Å². The lowest BCUT2D eigenvalue weighted by Gasteiger charge is -2.13. The average Bonchev–Trinajstić information content (AvgIpc) is 2.76. The number of halogens is 2. The molecule has 1 nitrogen and oxygen atoms in total. The highest BCUT2D eigenvalue weighted by Crippen LogP contribution is 2.37. The monoisotopic (exact) mass is 314 g/mol. The first-order valence-electron chi connectivity index (χ1n) is 6.25. The Morgan fingerprint density at radius 1 is 1.16 bits per heavy atom. The third-order valence-electron chi connectivity index (χ3n) is 3.41. The summed E-state index contributed by atoms with van der Waals surface area (Å²) in [5, 5.41) is 10.3. The molecule has 0 saturated heterocycles. The third kappa shape index (κ3) is 3.32. The lowest BCUT2D eigenvalue weighted by Crippen LogP contribution is -1.99. The molecule has 0 spiro atoms. The number of benzene rings is 1. The van der Waals surface area contributed by atoms with Crippen molar-refractivity contribution in [3.8, 4) is 0 Å². The molecule has 1 aromatic heterocycles. The van der Waals surface area contributed by atoms with E-state index < -0.39 is 6.10 Å². The van der Waals surface area contributed by atoms with E-state index in [0.717, 1.165) is 12.0 Å². The maximum Gasteiger partial charge on any atom is 0.106 e. The summed E-state index contributed by atoms with van der Waals surface area (Å²) in [6, 6.07) is 9.76. The van der Waals surface area contributed by atoms with E-state index in [1.165, 1.54) is 16.9 Å². The normalized spacial score (nSPS) is 14.4. The smallest absolute Gasteiger partial charge is 0.106 e. The van der Waals surface area contributed by atoms with Crippen molar-refractivity contribution >= 4 is 34.5 Å². The van der Waals surface area contributed by atoms with Gasteiger partial charge in [0.15, 0.2) is 0 Å². The van der Waals surface area contributed by atoms with E-state index in [9.17, 15) is 5.11 Å². The van der Waals surface area contributed by atoms with Crippen LogP contribution in [0.1, 0.15) is 49.0 Å². The SMILES string of the molecule is CCC(C)c1ccc(C(O)c2cc(Cl)sc2Cl)cc1. The zero-order chi connectivity index (χ0) is 14.0. The molecule has 2 rings (SSSR count). The van der Waals surface area contributed by atoms with E-state index in [1.807, 2.05) is 12.1 Å². The largest absolute Gasteiger partial charge is 0.384 e. The molecule has 1 N–H and O–H groups in total. The number of aliphatic hydroxyl groups excluding tert-OH is 1. The van der Waals surface area contributed by atoms with Gasteiger partial charge in [0.05, 0.1) is 4.34 Å². The molecule has 0 fully saturated rings. The Labute approximate surface area is 127 Å². The Bertz CT molecular complexity index is 548. The lowest BCUT2D eigenvalue weighted by atomic mass is 9.95. The molecule has 0 bridgehead atoms. The molecule has 0 saturated carbocycles. The van der Waals surface area contributed by atoms with Crippen LogP contribution in [-0.4, -0.2) is 5.11 Å². The summed E-state index contributed by atoms with van der Waals surface area (Å²) in [5.41, 5.74) is 2.80. The van der Waals surface area contributed by atoms with Crippen molar-refractivity contribution in [2.45, 2.75) is 32.3 Å². The van der Waals surface area contributed by atoms with Gasteiger partial charge in [-0.2, -0.15) is 0 Å². The molecule has 0 radical (unpaired) electrons. The summed E-state index contributed by atoms with van der Waals surface area (Å²) in [7, 11) is 0. The van der Waals surface area contributed by atoms with Crippen LogP contribution < -0.4 is 0 Å². The minimum absolute atomic E-state index is 0.533. The van der Waals surface area contributed by atoms with Gasteiger partial charge in [-0.3, -0.25) is 0 Å². The maximum absolute atomic E-state index is 10.3. The standard InChI is InChI=1S/C15H16Cl2OS/c1-3-9(2)10-4-6-11(7-5-10)14(18)12-8-13(16)19-15(12)17/h4-9,14,18H,3H2,1-2H3. The van der Waals surface area contributed by atoms with Gasteiger partial charge in [-0.05, 0) is 29.5 Å². The summed E-state index contributed by atoms with van der Waals surface area (Å²) < 4.78 is 1.14. The molecular formula is C15H16Cl2OS.